The van der Waals surface area contributed by atoms with Crippen LogP contribution in [0, 0.1) is 6.92 Å². The lowest BCUT2D eigenvalue weighted by atomic mass is 9.79. The highest BCUT2D eigenvalue weighted by molar-refractivity contribution is 5.49. The predicted molar refractivity (Wildman–Crippen MR) is 229 cm³/mol. The summed E-state index contributed by atoms with van der Waals surface area (Å²) in [6.07, 6.45) is -1.23. The molecular weight excluding hydrogens is 777 g/mol. The summed E-state index contributed by atoms with van der Waals surface area (Å²) >= 11 is 0. The number of hydrogen-bond donors (Lipinski definition) is 0. The van der Waals surface area contributed by atoms with Gasteiger partial charge in [-0.25, -0.2) is 9.36 Å². The quantitative estimate of drug-likeness (QED) is 0.0605. The van der Waals surface area contributed by atoms with Crippen LogP contribution in [0.25, 0.3) is 0 Å². The third-order valence-corrected chi connectivity index (χ3v) is 11.2. The molecule has 0 amide bonds. The summed E-state index contributed by atoms with van der Waals surface area (Å²) in [4.78, 5) is 27.8. The normalized spacial score (nSPS) is 17.7. The molecular formula is C49H52N2O10. The zero-order chi connectivity index (χ0) is 42.8. The van der Waals surface area contributed by atoms with Crippen LogP contribution in [-0.4, -0.2) is 62.2 Å². The van der Waals surface area contributed by atoms with Gasteiger partial charge in [-0.3, -0.25) is 9.36 Å². The lowest BCUT2D eigenvalue weighted by Crippen LogP contribution is -2.55. The van der Waals surface area contributed by atoms with Crippen LogP contribution < -0.4 is 20.7 Å². The first-order valence-corrected chi connectivity index (χ1v) is 20.1. The van der Waals surface area contributed by atoms with Gasteiger partial charge < -0.3 is 37.9 Å². The average Bonchev–Trinajstić information content (AvgIpc) is 3.68. The number of benzene rings is 5. The van der Waals surface area contributed by atoms with Gasteiger partial charge >= 0.3 is 5.69 Å². The molecule has 3 atom stereocenters. The van der Waals surface area contributed by atoms with E-state index in [1.54, 1.807) is 21.1 Å². The second-order valence-electron chi connectivity index (χ2n) is 14.8. The van der Waals surface area contributed by atoms with Crippen molar-refractivity contribution in [3.8, 4) is 11.5 Å². The topological polar surface area (TPSA) is 118 Å². The third kappa shape index (κ3) is 9.11. The van der Waals surface area contributed by atoms with Crippen LogP contribution in [0.1, 0.15) is 46.0 Å². The van der Waals surface area contributed by atoms with Gasteiger partial charge in [-0.15, -0.1) is 0 Å². The predicted octanol–water partition coefficient (Wildman–Crippen LogP) is 7.38. The fourth-order valence-corrected chi connectivity index (χ4v) is 8.04. The number of nitrogens with zero attached hydrogens (tertiary/aromatic N) is 2. The SMILES string of the molecule is COc1ccc(C(OC[C@H]2O[C@@H](n3cc(C)c(=O)n(COCc4ccccc4)c3=O)C[C@@]2(OCc2ccccc2)C(OC)OC)(c2ccccc2)c2ccc(OC)cc2)cc1. The van der Waals surface area contributed by atoms with E-state index in [4.69, 9.17) is 37.9 Å². The smallest absolute Gasteiger partial charge is 0.335 e. The summed E-state index contributed by atoms with van der Waals surface area (Å²) in [7, 11) is 6.33. The van der Waals surface area contributed by atoms with E-state index in [0.29, 0.717) is 17.1 Å². The number of rotatable bonds is 19. The Morgan fingerprint density at radius 3 is 1.72 bits per heavy atom. The van der Waals surface area contributed by atoms with Crippen LogP contribution >= 0.6 is 0 Å². The molecule has 6 aromatic rings. The van der Waals surface area contributed by atoms with Crippen LogP contribution in [-0.2, 0) is 54.0 Å². The van der Waals surface area contributed by atoms with Crippen molar-refractivity contribution >= 4 is 0 Å². The lowest BCUT2D eigenvalue weighted by Gasteiger charge is -2.41. The molecule has 0 radical (unpaired) electrons. The molecule has 61 heavy (non-hydrogen) atoms. The molecule has 0 aliphatic carbocycles. The fourth-order valence-electron chi connectivity index (χ4n) is 8.04. The molecule has 0 N–H and O–H groups in total. The molecule has 5 aromatic carbocycles. The summed E-state index contributed by atoms with van der Waals surface area (Å²) in [6, 6.07) is 44.7. The van der Waals surface area contributed by atoms with Crippen molar-refractivity contribution < 1.29 is 37.9 Å². The third-order valence-electron chi connectivity index (χ3n) is 11.2. The van der Waals surface area contributed by atoms with Gasteiger partial charge in [-0.2, -0.15) is 0 Å². The van der Waals surface area contributed by atoms with Gasteiger partial charge in [-0.1, -0.05) is 115 Å². The van der Waals surface area contributed by atoms with Gasteiger partial charge in [0.2, 0.25) is 0 Å². The molecule has 12 nitrogen and oxygen atoms in total. The summed E-state index contributed by atoms with van der Waals surface area (Å²) in [5.41, 5.74) is 1.00. The molecule has 0 bridgehead atoms. The Labute approximate surface area is 355 Å². The van der Waals surface area contributed by atoms with Crippen molar-refractivity contribution in [3.05, 3.63) is 200 Å². The van der Waals surface area contributed by atoms with Gasteiger partial charge in [0.1, 0.15) is 36.2 Å². The zero-order valence-corrected chi connectivity index (χ0v) is 35.1. The number of hydrogen-bond acceptors (Lipinski definition) is 10. The van der Waals surface area contributed by atoms with Gasteiger partial charge in [-0.05, 0) is 59.0 Å². The van der Waals surface area contributed by atoms with Crippen molar-refractivity contribution in [1.29, 1.82) is 0 Å². The van der Waals surface area contributed by atoms with E-state index in [2.05, 4.69) is 0 Å². The van der Waals surface area contributed by atoms with Crippen LogP contribution in [0.2, 0.25) is 0 Å². The Balaban J connectivity index is 1.33. The number of ether oxygens (including phenoxy) is 8. The number of methoxy groups -OCH3 is 4. The Bertz CT molecular complexity index is 2370. The number of aryl methyl sites for hydroxylation is 1. The van der Waals surface area contributed by atoms with Crippen LogP contribution in [0.5, 0.6) is 11.5 Å². The molecule has 1 fully saturated rings. The summed E-state index contributed by atoms with van der Waals surface area (Å²) in [5.74, 6) is 1.37. The van der Waals surface area contributed by atoms with Crippen molar-refractivity contribution in [3.63, 3.8) is 0 Å². The van der Waals surface area contributed by atoms with E-state index in [-0.39, 0.29) is 33.0 Å². The maximum absolute atomic E-state index is 14.4. The fraction of sp³-hybridized carbons (Fsp3) is 0.306. The van der Waals surface area contributed by atoms with E-state index in [1.165, 1.54) is 25.0 Å². The second kappa shape index (κ2) is 19.7. The van der Waals surface area contributed by atoms with Crippen LogP contribution in [0.3, 0.4) is 0 Å². The van der Waals surface area contributed by atoms with Gasteiger partial charge in [0.05, 0.1) is 34.0 Å². The molecule has 0 spiro atoms. The van der Waals surface area contributed by atoms with Crippen molar-refractivity contribution in [2.24, 2.45) is 0 Å². The summed E-state index contributed by atoms with van der Waals surface area (Å²) < 4.78 is 52.9. The average molecular weight is 829 g/mol. The summed E-state index contributed by atoms with van der Waals surface area (Å²) in [6.45, 7) is 1.70. The first kappa shape index (κ1) is 43.2. The van der Waals surface area contributed by atoms with E-state index < -0.39 is 41.1 Å². The number of aromatic nitrogens is 2. The molecule has 0 saturated carbocycles. The first-order valence-electron chi connectivity index (χ1n) is 20.1. The van der Waals surface area contributed by atoms with Crippen LogP contribution in [0.4, 0.5) is 0 Å². The maximum atomic E-state index is 14.4. The highest BCUT2D eigenvalue weighted by atomic mass is 16.7. The first-order chi connectivity index (χ1) is 29.8. The minimum atomic E-state index is -1.36. The van der Waals surface area contributed by atoms with E-state index in [9.17, 15) is 9.59 Å². The monoisotopic (exact) mass is 828 g/mol. The minimum absolute atomic E-state index is 0.0744. The highest BCUT2D eigenvalue weighted by Gasteiger charge is 2.57. The van der Waals surface area contributed by atoms with E-state index >= 15 is 0 Å². The second-order valence-corrected chi connectivity index (χ2v) is 14.8. The molecule has 1 aromatic heterocycles. The van der Waals surface area contributed by atoms with Gasteiger partial charge in [0, 0.05) is 32.4 Å². The van der Waals surface area contributed by atoms with Crippen molar-refractivity contribution in [2.45, 2.75) is 63.1 Å². The standard InChI is InChI=1S/C49H52N2O10/c1-35-30-50(47(53)51(45(35)52)34-58-31-36-15-9-6-10-16-36)44-29-48(46(56-4)57-5,59-32-37-17-11-7-12-18-37)43(61-44)33-60-49(38-19-13-8-14-20-38,39-21-25-41(54-2)26-22-39)40-23-27-42(55-3)28-24-40/h6-28,30,43-44,46H,29,31-34H2,1-5H3/t43-,44-,48+/m1/s1. The van der Waals surface area contributed by atoms with Gasteiger partial charge in [0.15, 0.2) is 11.9 Å². The zero-order valence-electron chi connectivity index (χ0n) is 35.1. The molecule has 7 rings (SSSR count). The Morgan fingerprint density at radius 2 is 1.20 bits per heavy atom. The van der Waals surface area contributed by atoms with Crippen molar-refractivity contribution in [1.82, 2.24) is 9.13 Å². The van der Waals surface area contributed by atoms with Crippen molar-refractivity contribution in [2.75, 3.05) is 35.0 Å². The maximum Gasteiger partial charge on any atom is 0.335 e. The Kier molecular flexibility index (Phi) is 13.9. The molecule has 1 aliphatic heterocycles. The molecule has 2 heterocycles. The Morgan fingerprint density at radius 1 is 0.689 bits per heavy atom. The van der Waals surface area contributed by atoms with E-state index in [1.807, 2.05) is 140 Å². The summed E-state index contributed by atoms with van der Waals surface area (Å²) in [5, 5.41) is 0. The molecule has 1 saturated heterocycles. The lowest BCUT2D eigenvalue weighted by molar-refractivity contribution is -0.262. The minimum Gasteiger partial charge on any atom is -0.497 e. The van der Waals surface area contributed by atoms with Gasteiger partial charge in [0.25, 0.3) is 5.56 Å². The Hall–Kier alpha value is -5.86. The molecule has 0 unspecified atom stereocenters. The highest BCUT2D eigenvalue weighted by Crippen LogP contribution is 2.47. The van der Waals surface area contributed by atoms with Crippen LogP contribution in [0.15, 0.2) is 155 Å². The molecule has 318 valence electrons. The molecule has 1 aliphatic rings. The van der Waals surface area contributed by atoms with E-state index in [0.717, 1.165) is 32.4 Å². The largest absolute Gasteiger partial charge is 0.497 e. The molecule has 12 heteroatoms.